The van der Waals surface area contributed by atoms with Gasteiger partial charge >= 0.3 is 5.97 Å². The first-order valence-electron chi connectivity index (χ1n) is 7.41. The molecule has 0 heterocycles. The fourth-order valence-corrected chi connectivity index (χ4v) is 2.27. The molecular formula is C19H22O3. The molecule has 116 valence electrons. The van der Waals surface area contributed by atoms with E-state index in [0.29, 0.717) is 12.8 Å². The molecule has 22 heavy (non-hydrogen) atoms. The van der Waals surface area contributed by atoms with Crippen molar-refractivity contribution in [2.24, 2.45) is 0 Å². The maximum atomic E-state index is 11.1. The zero-order chi connectivity index (χ0) is 16.0. The number of benzene rings is 2. The number of carbonyl (C=O) groups excluding carboxylic acids is 1. The summed E-state index contributed by atoms with van der Waals surface area (Å²) in [6.45, 7) is 4.10. The standard InChI is InChI=1S/C19H22O3/c1-19(2,16-7-5-4-6-8-16)22-17-12-9-15(10-13-17)11-14-18(20)21-3/h4-10,12-13H,11,14H2,1-3H3. The van der Waals surface area contributed by atoms with E-state index >= 15 is 0 Å². The monoisotopic (exact) mass is 298 g/mol. The average Bonchev–Trinajstić information content (AvgIpc) is 2.54. The number of hydrogen-bond acceptors (Lipinski definition) is 3. The Bertz CT molecular complexity index is 600. The summed E-state index contributed by atoms with van der Waals surface area (Å²) in [6, 6.07) is 18.0. The van der Waals surface area contributed by atoms with Crippen LogP contribution in [0.15, 0.2) is 54.6 Å². The normalized spacial score (nSPS) is 11.0. The number of ether oxygens (including phenoxy) is 2. The van der Waals surface area contributed by atoms with Crippen LogP contribution in [0.5, 0.6) is 5.75 Å². The predicted octanol–water partition coefficient (Wildman–Crippen LogP) is 4.11. The van der Waals surface area contributed by atoms with Gasteiger partial charge in [0.25, 0.3) is 0 Å². The van der Waals surface area contributed by atoms with E-state index < -0.39 is 5.60 Å². The molecule has 0 radical (unpaired) electrons. The highest BCUT2D eigenvalue weighted by molar-refractivity contribution is 5.69. The third kappa shape index (κ3) is 4.35. The number of rotatable bonds is 6. The lowest BCUT2D eigenvalue weighted by Crippen LogP contribution is -2.25. The summed E-state index contributed by atoms with van der Waals surface area (Å²) in [6.07, 6.45) is 1.07. The summed E-state index contributed by atoms with van der Waals surface area (Å²) < 4.78 is 10.7. The van der Waals surface area contributed by atoms with Gasteiger partial charge in [0.2, 0.25) is 0 Å². The molecular weight excluding hydrogens is 276 g/mol. The van der Waals surface area contributed by atoms with Gasteiger partial charge in [-0.3, -0.25) is 4.79 Å². The second-order valence-corrected chi connectivity index (χ2v) is 5.70. The zero-order valence-corrected chi connectivity index (χ0v) is 13.3. The summed E-state index contributed by atoms with van der Waals surface area (Å²) in [5, 5.41) is 0. The second-order valence-electron chi connectivity index (χ2n) is 5.70. The summed E-state index contributed by atoms with van der Waals surface area (Å²) in [4.78, 5) is 11.1. The van der Waals surface area contributed by atoms with Gasteiger partial charge in [0.15, 0.2) is 0 Å². The van der Waals surface area contributed by atoms with Crippen LogP contribution in [0.3, 0.4) is 0 Å². The Labute approximate surface area is 131 Å². The number of esters is 1. The van der Waals surface area contributed by atoms with E-state index in [1.165, 1.54) is 7.11 Å². The smallest absolute Gasteiger partial charge is 0.305 e. The molecule has 2 aromatic rings. The lowest BCUT2D eigenvalue weighted by atomic mass is 9.98. The lowest BCUT2D eigenvalue weighted by Gasteiger charge is -2.27. The molecule has 0 fully saturated rings. The summed E-state index contributed by atoms with van der Waals surface area (Å²) in [7, 11) is 1.41. The van der Waals surface area contributed by atoms with Crippen LogP contribution in [0.2, 0.25) is 0 Å². The molecule has 0 atom stereocenters. The molecule has 0 saturated heterocycles. The summed E-state index contributed by atoms with van der Waals surface area (Å²) in [5.74, 6) is 0.626. The highest BCUT2D eigenvalue weighted by Crippen LogP contribution is 2.27. The minimum atomic E-state index is -0.394. The molecule has 2 rings (SSSR count). The molecule has 2 aromatic carbocycles. The maximum absolute atomic E-state index is 11.1. The number of methoxy groups -OCH3 is 1. The Hall–Kier alpha value is -2.29. The first-order valence-corrected chi connectivity index (χ1v) is 7.41. The zero-order valence-electron chi connectivity index (χ0n) is 13.3. The predicted molar refractivity (Wildman–Crippen MR) is 86.9 cm³/mol. The van der Waals surface area contributed by atoms with Crippen LogP contribution in [0.4, 0.5) is 0 Å². The molecule has 0 aliphatic rings. The van der Waals surface area contributed by atoms with Crippen molar-refractivity contribution >= 4 is 5.97 Å². The second kappa shape index (κ2) is 7.12. The van der Waals surface area contributed by atoms with Gasteiger partial charge in [0.05, 0.1) is 7.11 Å². The van der Waals surface area contributed by atoms with Crippen molar-refractivity contribution in [3.8, 4) is 5.75 Å². The van der Waals surface area contributed by atoms with Gasteiger partial charge in [-0.1, -0.05) is 42.5 Å². The average molecular weight is 298 g/mol. The van der Waals surface area contributed by atoms with E-state index in [9.17, 15) is 4.79 Å². The van der Waals surface area contributed by atoms with E-state index in [2.05, 4.69) is 16.9 Å². The Kier molecular flexibility index (Phi) is 5.21. The first-order chi connectivity index (χ1) is 10.5. The van der Waals surface area contributed by atoms with E-state index in [1.807, 2.05) is 56.3 Å². The third-order valence-corrected chi connectivity index (χ3v) is 3.61. The van der Waals surface area contributed by atoms with Crippen LogP contribution < -0.4 is 4.74 Å². The summed E-state index contributed by atoms with van der Waals surface area (Å²) in [5.41, 5.74) is 1.83. The van der Waals surface area contributed by atoms with Crippen LogP contribution in [0.25, 0.3) is 0 Å². The Balaban J connectivity index is 2.00. The van der Waals surface area contributed by atoms with Gasteiger partial charge in [-0.25, -0.2) is 0 Å². The molecule has 0 amide bonds. The van der Waals surface area contributed by atoms with Crippen LogP contribution in [-0.2, 0) is 21.6 Å². The van der Waals surface area contributed by atoms with Crippen molar-refractivity contribution < 1.29 is 14.3 Å². The van der Waals surface area contributed by atoms with Crippen molar-refractivity contribution in [3.05, 3.63) is 65.7 Å². The molecule has 0 aromatic heterocycles. The SMILES string of the molecule is COC(=O)CCc1ccc(OC(C)(C)c2ccccc2)cc1. The molecule has 0 aliphatic carbocycles. The van der Waals surface area contributed by atoms with Gasteiger partial charge in [0, 0.05) is 6.42 Å². The van der Waals surface area contributed by atoms with Gasteiger partial charge in [-0.05, 0) is 43.5 Å². The lowest BCUT2D eigenvalue weighted by molar-refractivity contribution is -0.140. The van der Waals surface area contributed by atoms with Crippen molar-refractivity contribution in [2.75, 3.05) is 7.11 Å². The van der Waals surface area contributed by atoms with E-state index in [0.717, 1.165) is 16.9 Å². The van der Waals surface area contributed by atoms with E-state index in [4.69, 9.17) is 4.74 Å². The topological polar surface area (TPSA) is 35.5 Å². The minimum Gasteiger partial charge on any atom is -0.483 e. The molecule has 0 unspecified atom stereocenters. The number of carbonyl (C=O) groups is 1. The van der Waals surface area contributed by atoms with Crippen molar-refractivity contribution in [2.45, 2.75) is 32.3 Å². The highest BCUT2D eigenvalue weighted by Gasteiger charge is 2.22. The van der Waals surface area contributed by atoms with Gasteiger partial charge in [0.1, 0.15) is 11.4 Å². The van der Waals surface area contributed by atoms with Crippen molar-refractivity contribution in [1.82, 2.24) is 0 Å². The van der Waals surface area contributed by atoms with Crippen molar-refractivity contribution in [3.63, 3.8) is 0 Å². The first kappa shape index (κ1) is 16.1. The Morgan fingerprint density at radius 1 is 1.00 bits per heavy atom. The highest BCUT2D eigenvalue weighted by atomic mass is 16.5. The molecule has 3 nitrogen and oxygen atoms in total. The van der Waals surface area contributed by atoms with Gasteiger partial charge < -0.3 is 9.47 Å². The van der Waals surface area contributed by atoms with Crippen LogP contribution >= 0.6 is 0 Å². The molecule has 0 aliphatic heterocycles. The molecule has 0 bridgehead atoms. The van der Waals surface area contributed by atoms with Gasteiger partial charge in [-0.2, -0.15) is 0 Å². The Morgan fingerprint density at radius 3 is 2.23 bits per heavy atom. The van der Waals surface area contributed by atoms with Crippen LogP contribution in [-0.4, -0.2) is 13.1 Å². The third-order valence-electron chi connectivity index (χ3n) is 3.61. The summed E-state index contributed by atoms with van der Waals surface area (Å²) >= 11 is 0. The minimum absolute atomic E-state index is 0.189. The van der Waals surface area contributed by atoms with Gasteiger partial charge in [-0.15, -0.1) is 0 Å². The number of aryl methyl sites for hydroxylation is 1. The quantitative estimate of drug-likeness (QED) is 0.753. The van der Waals surface area contributed by atoms with E-state index in [1.54, 1.807) is 0 Å². The maximum Gasteiger partial charge on any atom is 0.305 e. The van der Waals surface area contributed by atoms with Crippen LogP contribution in [0.1, 0.15) is 31.4 Å². The largest absolute Gasteiger partial charge is 0.483 e. The molecule has 3 heteroatoms. The van der Waals surface area contributed by atoms with E-state index in [-0.39, 0.29) is 5.97 Å². The molecule has 0 spiro atoms. The fraction of sp³-hybridized carbons (Fsp3) is 0.316. The molecule has 0 saturated carbocycles. The molecule has 0 N–H and O–H groups in total. The Morgan fingerprint density at radius 2 is 1.64 bits per heavy atom. The van der Waals surface area contributed by atoms with Crippen molar-refractivity contribution in [1.29, 1.82) is 0 Å². The number of hydrogen-bond donors (Lipinski definition) is 0. The van der Waals surface area contributed by atoms with Crippen LogP contribution in [0, 0.1) is 0 Å². The fourth-order valence-electron chi connectivity index (χ4n) is 2.27.